The molecule has 0 aliphatic carbocycles. The van der Waals surface area contributed by atoms with Gasteiger partial charge in [0, 0.05) is 5.92 Å². The van der Waals surface area contributed by atoms with Crippen molar-refractivity contribution in [2.45, 2.75) is 38.9 Å². The largest absolute Gasteiger partial charge is 0.498 e. The van der Waals surface area contributed by atoms with Crippen LogP contribution in [-0.2, 0) is 14.2 Å². The summed E-state index contributed by atoms with van der Waals surface area (Å²) in [4.78, 5) is 0. The minimum atomic E-state index is -0.999. The standard InChI is InChI=1S/C21H26F2O3/c1-5-16-6-8-17(9-7-16)18-10-11-19(26-13-18)25-12-14(2)20(22)21(23)15(3)24-4/h5-9,18-19H,1,10-13H2,2-4H3/b20-14-,21-15-. The van der Waals surface area contributed by atoms with Gasteiger partial charge in [0.15, 0.2) is 17.9 Å². The number of ether oxygens (including phenoxy) is 3. The van der Waals surface area contributed by atoms with Gasteiger partial charge in [0.05, 0.1) is 20.3 Å². The van der Waals surface area contributed by atoms with E-state index < -0.39 is 17.9 Å². The van der Waals surface area contributed by atoms with Gasteiger partial charge in [-0.25, -0.2) is 8.78 Å². The van der Waals surface area contributed by atoms with Crippen molar-refractivity contribution in [2.75, 3.05) is 20.3 Å². The van der Waals surface area contributed by atoms with Crippen LogP contribution in [0.25, 0.3) is 6.08 Å². The lowest BCUT2D eigenvalue weighted by Crippen LogP contribution is -2.27. The quantitative estimate of drug-likeness (QED) is 0.462. The van der Waals surface area contributed by atoms with E-state index in [0.29, 0.717) is 18.9 Å². The van der Waals surface area contributed by atoms with Crippen molar-refractivity contribution < 1.29 is 23.0 Å². The first-order valence-corrected chi connectivity index (χ1v) is 8.67. The van der Waals surface area contributed by atoms with E-state index in [1.54, 1.807) is 0 Å². The summed E-state index contributed by atoms with van der Waals surface area (Å²) >= 11 is 0. The van der Waals surface area contributed by atoms with Gasteiger partial charge in [0.2, 0.25) is 0 Å². The maximum absolute atomic E-state index is 14.0. The third-order valence-corrected chi connectivity index (χ3v) is 4.55. The van der Waals surface area contributed by atoms with E-state index in [4.69, 9.17) is 14.2 Å². The predicted molar refractivity (Wildman–Crippen MR) is 98.8 cm³/mol. The number of halogens is 2. The second-order valence-corrected chi connectivity index (χ2v) is 6.39. The molecule has 3 nitrogen and oxygen atoms in total. The Hall–Kier alpha value is -1.98. The molecule has 5 heteroatoms. The fourth-order valence-electron chi connectivity index (χ4n) is 2.74. The molecule has 1 saturated heterocycles. The highest BCUT2D eigenvalue weighted by Gasteiger charge is 2.24. The Labute approximate surface area is 154 Å². The summed E-state index contributed by atoms with van der Waals surface area (Å²) in [6.07, 6.45) is 3.03. The molecule has 0 N–H and O–H groups in total. The first-order chi connectivity index (χ1) is 12.5. The van der Waals surface area contributed by atoms with Crippen LogP contribution < -0.4 is 0 Å². The van der Waals surface area contributed by atoms with E-state index in [9.17, 15) is 8.78 Å². The third-order valence-electron chi connectivity index (χ3n) is 4.55. The monoisotopic (exact) mass is 364 g/mol. The molecule has 2 unspecified atom stereocenters. The normalized spacial score (nSPS) is 22.3. The summed E-state index contributed by atoms with van der Waals surface area (Å²) in [5, 5.41) is 0. The molecule has 2 rings (SSSR count). The number of benzene rings is 1. The zero-order chi connectivity index (χ0) is 19.1. The van der Waals surface area contributed by atoms with Crippen LogP contribution in [0.1, 0.15) is 43.7 Å². The SMILES string of the molecule is C=Cc1ccc(C2CCC(OC/C(C)=C(F)/C(F)=C(\C)OC)OC2)cc1. The van der Waals surface area contributed by atoms with Crippen molar-refractivity contribution in [3.63, 3.8) is 0 Å². The number of rotatable bonds is 7. The lowest BCUT2D eigenvalue weighted by Gasteiger charge is -2.29. The molecular formula is C21H26F2O3. The minimum absolute atomic E-state index is 0.0282. The van der Waals surface area contributed by atoms with Gasteiger partial charge in [-0.05, 0) is 43.4 Å². The van der Waals surface area contributed by atoms with Gasteiger partial charge in [-0.15, -0.1) is 0 Å². The maximum atomic E-state index is 14.0. The summed E-state index contributed by atoms with van der Waals surface area (Å²) in [7, 11) is 1.30. The van der Waals surface area contributed by atoms with Gasteiger partial charge in [0.1, 0.15) is 5.76 Å². The predicted octanol–water partition coefficient (Wildman–Crippen LogP) is 5.66. The Kier molecular flexibility index (Phi) is 7.54. The molecule has 0 aromatic heterocycles. The van der Waals surface area contributed by atoms with E-state index >= 15 is 0 Å². The van der Waals surface area contributed by atoms with Gasteiger partial charge in [0.25, 0.3) is 0 Å². The molecule has 142 valence electrons. The topological polar surface area (TPSA) is 27.7 Å². The van der Waals surface area contributed by atoms with Gasteiger partial charge in [-0.1, -0.05) is 36.9 Å². The molecule has 0 saturated carbocycles. The molecule has 1 fully saturated rings. The molecule has 1 heterocycles. The van der Waals surface area contributed by atoms with Gasteiger partial charge in [-0.2, -0.15) is 0 Å². The number of hydrogen-bond acceptors (Lipinski definition) is 3. The van der Waals surface area contributed by atoms with E-state index in [2.05, 4.69) is 18.7 Å². The second-order valence-electron chi connectivity index (χ2n) is 6.39. The molecule has 26 heavy (non-hydrogen) atoms. The molecule has 0 amide bonds. The summed E-state index contributed by atoms with van der Waals surface area (Å²) in [6.45, 7) is 7.13. The molecule has 0 radical (unpaired) electrons. The summed E-state index contributed by atoms with van der Waals surface area (Å²) < 4.78 is 43.7. The van der Waals surface area contributed by atoms with Crippen LogP contribution in [0.5, 0.6) is 0 Å². The third kappa shape index (κ3) is 5.26. The Balaban J connectivity index is 1.85. The Morgan fingerprint density at radius 3 is 2.42 bits per heavy atom. The fraction of sp³-hybridized carbons (Fsp3) is 0.429. The van der Waals surface area contributed by atoms with Crippen molar-refractivity contribution in [1.29, 1.82) is 0 Å². The Bertz CT molecular complexity index is 669. The highest BCUT2D eigenvalue weighted by molar-refractivity contribution is 5.47. The Morgan fingerprint density at radius 2 is 1.88 bits per heavy atom. The van der Waals surface area contributed by atoms with Crippen molar-refractivity contribution in [1.82, 2.24) is 0 Å². The van der Waals surface area contributed by atoms with Crippen molar-refractivity contribution in [3.8, 4) is 0 Å². The van der Waals surface area contributed by atoms with Gasteiger partial charge >= 0.3 is 0 Å². The smallest absolute Gasteiger partial charge is 0.196 e. The highest BCUT2D eigenvalue weighted by Crippen LogP contribution is 2.29. The van der Waals surface area contributed by atoms with Crippen LogP contribution in [-0.4, -0.2) is 26.6 Å². The Morgan fingerprint density at radius 1 is 1.19 bits per heavy atom. The van der Waals surface area contributed by atoms with Crippen LogP contribution >= 0.6 is 0 Å². The first kappa shape index (κ1) is 20.3. The van der Waals surface area contributed by atoms with Crippen molar-refractivity contribution in [2.24, 2.45) is 0 Å². The van der Waals surface area contributed by atoms with Crippen LogP contribution in [0.15, 0.2) is 53.8 Å². The first-order valence-electron chi connectivity index (χ1n) is 8.67. The average Bonchev–Trinajstić information content (AvgIpc) is 2.70. The van der Waals surface area contributed by atoms with Crippen molar-refractivity contribution >= 4 is 6.08 Å². The van der Waals surface area contributed by atoms with Gasteiger partial charge in [-0.3, -0.25) is 0 Å². The summed E-state index contributed by atoms with van der Waals surface area (Å²) in [6, 6.07) is 8.24. The zero-order valence-corrected chi connectivity index (χ0v) is 15.6. The highest BCUT2D eigenvalue weighted by atomic mass is 19.2. The van der Waals surface area contributed by atoms with E-state index in [-0.39, 0.29) is 17.9 Å². The molecular weight excluding hydrogens is 338 g/mol. The van der Waals surface area contributed by atoms with Gasteiger partial charge < -0.3 is 14.2 Å². The lowest BCUT2D eigenvalue weighted by atomic mass is 9.92. The van der Waals surface area contributed by atoms with Crippen LogP contribution in [0.4, 0.5) is 8.78 Å². The fourth-order valence-corrected chi connectivity index (χ4v) is 2.74. The molecule has 2 atom stereocenters. The van der Waals surface area contributed by atoms with E-state index in [0.717, 1.165) is 12.0 Å². The second kappa shape index (κ2) is 9.64. The van der Waals surface area contributed by atoms with Crippen LogP contribution in [0.2, 0.25) is 0 Å². The summed E-state index contributed by atoms with van der Waals surface area (Å²) in [5.41, 5.74) is 2.48. The average molecular weight is 364 g/mol. The molecule has 0 bridgehead atoms. The molecule has 1 aliphatic rings. The van der Waals surface area contributed by atoms with Crippen LogP contribution in [0, 0.1) is 0 Å². The molecule has 1 aromatic carbocycles. The van der Waals surface area contributed by atoms with Crippen molar-refractivity contribution in [3.05, 3.63) is 65.0 Å². The number of hydrogen-bond donors (Lipinski definition) is 0. The molecule has 0 spiro atoms. The summed E-state index contributed by atoms with van der Waals surface area (Å²) in [5.74, 6) is -1.73. The molecule has 1 aromatic rings. The van der Waals surface area contributed by atoms with E-state index in [1.807, 2.05) is 18.2 Å². The van der Waals surface area contributed by atoms with E-state index in [1.165, 1.54) is 26.5 Å². The zero-order valence-electron chi connectivity index (χ0n) is 15.6. The molecule has 1 aliphatic heterocycles. The minimum Gasteiger partial charge on any atom is -0.498 e. The van der Waals surface area contributed by atoms with Crippen LogP contribution in [0.3, 0.4) is 0 Å². The lowest BCUT2D eigenvalue weighted by molar-refractivity contribution is -0.162. The number of allylic oxidation sites excluding steroid dienone is 3. The maximum Gasteiger partial charge on any atom is 0.196 e. The number of methoxy groups -OCH3 is 1.